The topological polar surface area (TPSA) is 79.2 Å². The second-order valence-electron chi connectivity index (χ2n) is 9.87. The monoisotopic (exact) mass is 500 g/mol. The molecule has 3 aromatic rings. The molecule has 8 nitrogen and oxygen atoms in total. The Labute approximate surface area is 217 Å². The van der Waals surface area contributed by atoms with Crippen LogP contribution in [0.2, 0.25) is 0 Å². The molecule has 0 aliphatic carbocycles. The van der Waals surface area contributed by atoms with Crippen molar-refractivity contribution in [2.24, 2.45) is 0 Å². The van der Waals surface area contributed by atoms with E-state index < -0.39 is 4.92 Å². The molecule has 2 aliphatic heterocycles. The first kappa shape index (κ1) is 24.8. The minimum Gasteiger partial charge on any atom is -0.489 e. The third-order valence-electron chi connectivity index (χ3n) is 6.94. The quantitative estimate of drug-likeness (QED) is 0.339. The Morgan fingerprint density at radius 2 is 1.73 bits per heavy atom. The fourth-order valence-corrected chi connectivity index (χ4v) is 5.15. The maximum absolute atomic E-state index is 13.3. The first-order chi connectivity index (χ1) is 17.9. The van der Waals surface area contributed by atoms with Gasteiger partial charge in [-0.15, -0.1) is 0 Å². The second kappa shape index (κ2) is 10.6. The van der Waals surface area contributed by atoms with Crippen LogP contribution in [0, 0.1) is 10.1 Å². The lowest BCUT2D eigenvalue weighted by atomic mass is 10.1. The Kier molecular flexibility index (Phi) is 7.10. The van der Waals surface area contributed by atoms with Gasteiger partial charge in [-0.05, 0) is 61.7 Å². The van der Waals surface area contributed by atoms with Crippen molar-refractivity contribution in [2.75, 3.05) is 42.5 Å². The number of benzene rings is 3. The summed E-state index contributed by atoms with van der Waals surface area (Å²) < 4.78 is 6.02. The molecule has 2 heterocycles. The van der Waals surface area contributed by atoms with E-state index in [0.29, 0.717) is 18.5 Å². The Morgan fingerprint density at radius 1 is 0.946 bits per heavy atom. The van der Waals surface area contributed by atoms with Crippen LogP contribution in [0.4, 0.5) is 17.1 Å². The number of rotatable bonds is 7. The number of amides is 1. The van der Waals surface area contributed by atoms with Gasteiger partial charge in [0, 0.05) is 62.7 Å². The Balaban J connectivity index is 1.22. The Morgan fingerprint density at radius 3 is 2.49 bits per heavy atom. The molecular weight excluding hydrogens is 468 g/mol. The van der Waals surface area contributed by atoms with Crippen molar-refractivity contribution < 1.29 is 14.5 Å². The predicted octanol–water partition coefficient (Wildman–Crippen LogP) is 4.91. The van der Waals surface area contributed by atoms with Crippen molar-refractivity contribution >= 4 is 23.0 Å². The van der Waals surface area contributed by atoms with Gasteiger partial charge in [0.05, 0.1) is 16.7 Å². The third kappa shape index (κ3) is 5.44. The molecule has 192 valence electrons. The molecule has 0 bridgehead atoms. The number of anilines is 2. The zero-order chi connectivity index (χ0) is 25.9. The molecule has 8 heteroatoms. The number of carbonyl (C=O) groups excluding carboxylic acids is 1. The number of nitrogens with zero attached hydrogens (tertiary/aromatic N) is 4. The maximum atomic E-state index is 13.3. The molecule has 37 heavy (non-hydrogen) atoms. The predicted molar refractivity (Wildman–Crippen MR) is 145 cm³/mol. The highest BCUT2D eigenvalue weighted by Crippen LogP contribution is 2.33. The summed E-state index contributed by atoms with van der Waals surface area (Å²) in [5.74, 6) is 0.858. The standard InChI is InChI=1S/C29H32N4O4/c1-21(2)37-28-9-4-3-8-27(28)31-16-14-30(15-17-31)20-22-6-5-7-24(18-22)29(34)32-13-12-23-19-25(33(35)36)10-11-26(23)32/h3-11,18-19,21H,12-17,20H2,1-2H3. The van der Waals surface area contributed by atoms with Crippen molar-refractivity contribution in [1.82, 2.24) is 4.90 Å². The van der Waals surface area contributed by atoms with Gasteiger partial charge in [-0.2, -0.15) is 0 Å². The zero-order valence-electron chi connectivity index (χ0n) is 21.3. The van der Waals surface area contributed by atoms with E-state index >= 15 is 0 Å². The summed E-state index contributed by atoms with van der Waals surface area (Å²) in [6.07, 6.45) is 0.753. The number of para-hydroxylation sites is 2. The molecule has 0 spiro atoms. The summed E-state index contributed by atoms with van der Waals surface area (Å²) in [6.45, 7) is 9.07. The highest BCUT2D eigenvalue weighted by atomic mass is 16.6. The van der Waals surface area contributed by atoms with E-state index in [1.54, 1.807) is 17.0 Å². The molecule has 3 aromatic carbocycles. The van der Waals surface area contributed by atoms with Crippen molar-refractivity contribution in [3.63, 3.8) is 0 Å². The Bertz CT molecular complexity index is 1300. The van der Waals surface area contributed by atoms with Crippen molar-refractivity contribution in [1.29, 1.82) is 0 Å². The van der Waals surface area contributed by atoms with E-state index in [-0.39, 0.29) is 17.7 Å². The lowest BCUT2D eigenvalue weighted by Gasteiger charge is -2.37. The molecule has 0 saturated carbocycles. The van der Waals surface area contributed by atoms with E-state index in [9.17, 15) is 14.9 Å². The molecular formula is C29H32N4O4. The molecule has 0 aromatic heterocycles. The van der Waals surface area contributed by atoms with Crippen LogP contribution in [0.5, 0.6) is 5.75 Å². The van der Waals surface area contributed by atoms with Gasteiger partial charge in [-0.1, -0.05) is 24.3 Å². The first-order valence-corrected chi connectivity index (χ1v) is 12.8. The molecule has 0 atom stereocenters. The van der Waals surface area contributed by atoms with Crippen LogP contribution in [0.3, 0.4) is 0 Å². The minimum atomic E-state index is -0.397. The highest BCUT2D eigenvalue weighted by Gasteiger charge is 2.27. The third-order valence-corrected chi connectivity index (χ3v) is 6.94. The minimum absolute atomic E-state index is 0.0612. The van der Waals surface area contributed by atoms with E-state index in [1.807, 2.05) is 44.2 Å². The van der Waals surface area contributed by atoms with E-state index in [4.69, 9.17) is 4.74 Å². The van der Waals surface area contributed by atoms with Gasteiger partial charge in [0.1, 0.15) is 5.75 Å². The summed E-state index contributed by atoms with van der Waals surface area (Å²) in [4.78, 5) is 30.6. The molecule has 1 fully saturated rings. The van der Waals surface area contributed by atoms with Crippen LogP contribution in [0.1, 0.15) is 35.3 Å². The average molecular weight is 501 g/mol. The van der Waals surface area contributed by atoms with Crippen molar-refractivity contribution in [3.8, 4) is 5.75 Å². The van der Waals surface area contributed by atoms with E-state index in [2.05, 4.69) is 28.0 Å². The number of nitro groups is 1. The maximum Gasteiger partial charge on any atom is 0.269 e. The van der Waals surface area contributed by atoms with Crippen molar-refractivity contribution in [3.05, 3.63) is 93.5 Å². The van der Waals surface area contributed by atoms with Crippen LogP contribution < -0.4 is 14.5 Å². The lowest BCUT2D eigenvalue weighted by Crippen LogP contribution is -2.46. The van der Waals surface area contributed by atoms with Crippen LogP contribution in [-0.4, -0.2) is 54.6 Å². The second-order valence-corrected chi connectivity index (χ2v) is 9.87. The molecule has 0 unspecified atom stereocenters. The largest absolute Gasteiger partial charge is 0.489 e. The smallest absolute Gasteiger partial charge is 0.269 e. The SMILES string of the molecule is CC(C)Oc1ccccc1N1CCN(Cc2cccc(C(=O)N3CCc4cc([N+](=O)[O-])ccc43)c2)CC1. The average Bonchev–Trinajstić information content (AvgIpc) is 3.32. The number of hydrogen-bond acceptors (Lipinski definition) is 6. The summed E-state index contributed by atoms with van der Waals surface area (Å²) in [5.41, 5.74) is 4.55. The number of nitro benzene ring substituents is 1. The summed E-state index contributed by atoms with van der Waals surface area (Å²) in [5, 5.41) is 11.1. The van der Waals surface area contributed by atoms with Crippen LogP contribution >= 0.6 is 0 Å². The van der Waals surface area contributed by atoms with Crippen molar-refractivity contribution in [2.45, 2.75) is 32.9 Å². The molecule has 0 N–H and O–H groups in total. The lowest BCUT2D eigenvalue weighted by molar-refractivity contribution is -0.384. The van der Waals surface area contributed by atoms with Crippen LogP contribution in [0.15, 0.2) is 66.7 Å². The number of piperazine rings is 1. The number of hydrogen-bond donors (Lipinski definition) is 0. The van der Waals surface area contributed by atoms with Gasteiger partial charge >= 0.3 is 0 Å². The number of fused-ring (bicyclic) bond motifs is 1. The zero-order valence-corrected chi connectivity index (χ0v) is 21.3. The molecule has 1 saturated heterocycles. The number of carbonyl (C=O) groups is 1. The van der Waals surface area contributed by atoms with Crippen LogP contribution in [0.25, 0.3) is 0 Å². The molecule has 2 aliphatic rings. The van der Waals surface area contributed by atoms with Crippen LogP contribution in [-0.2, 0) is 13.0 Å². The van der Waals surface area contributed by atoms with Gasteiger partial charge in [0.15, 0.2) is 0 Å². The van der Waals surface area contributed by atoms with E-state index in [0.717, 1.165) is 61.0 Å². The van der Waals surface area contributed by atoms with E-state index in [1.165, 1.54) is 6.07 Å². The van der Waals surface area contributed by atoms with Gasteiger partial charge in [-0.3, -0.25) is 19.8 Å². The number of ether oxygens (including phenoxy) is 1. The molecule has 0 radical (unpaired) electrons. The molecule has 1 amide bonds. The number of non-ortho nitro benzene ring substituents is 1. The Hall–Kier alpha value is -3.91. The van der Waals surface area contributed by atoms with Gasteiger partial charge in [-0.25, -0.2) is 0 Å². The first-order valence-electron chi connectivity index (χ1n) is 12.8. The van der Waals surface area contributed by atoms with Gasteiger partial charge in [0.25, 0.3) is 11.6 Å². The highest BCUT2D eigenvalue weighted by molar-refractivity contribution is 6.07. The molecule has 5 rings (SSSR count). The fourth-order valence-electron chi connectivity index (χ4n) is 5.15. The summed E-state index contributed by atoms with van der Waals surface area (Å²) in [6, 6.07) is 20.8. The summed E-state index contributed by atoms with van der Waals surface area (Å²) >= 11 is 0. The summed E-state index contributed by atoms with van der Waals surface area (Å²) in [7, 11) is 0. The fraction of sp³-hybridized carbons (Fsp3) is 0.345. The normalized spacial score (nSPS) is 15.6. The van der Waals surface area contributed by atoms with Gasteiger partial charge in [0.2, 0.25) is 0 Å². The van der Waals surface area contributed by atoms with Gasteiger partial charge < -0.3 is 14.5 Å².